The number of benzene rings is 2. The number of rotatable bonds is 10. The summed E-state index contributed by atoms with van der Waals surface area (Å²) in [6, 6.07) is 12.7. The van der Waals surface area contributed by atoms with Crippen LogP contribution in [0.4, 0.5) is 0 Å². The Balaban J connectivity index is 1.82. The predicted octanol–water partition coefficient (Wildman–Crippen LogP) is 3.31. The number of nitrogens with zero attached hydrogens (tertiary/aromatic N) is 1. The molecule has 0 aliphatic rings. The molecule has 3 aromatic rings. The molecule has 3 rings (SSSR count). The summed E-state index contributed by atoms with van der Waals surface area (Å²) < 4.78 is 14.0. The molecule has 0 spiro atoms. The van der Waals surface area contributed by atoms with Crippen molar-refractivity contribution in [2.24, 2.45) is 7.05 Å². The second-order valence-corrected chi connectivity index (χ2v) is 6.53. The lowest BCUT2D eigenvalue weighted by Gasteiger charge is -2.06. The molecule has 0 aliphatic heterocycles. The van der Waals surface area contributed by atoms with Crippen molar-refractivity contribution in [3.8, 4) is 11.5 Å². The van der Waals surface area contributed by atoms with E-state index in [0.29, 0.717) is 0 Å². The van der Waals surface area contributed by atoms with Crippen molar-refractivity contribution in [1.29, 1.82) is 0 Å². The molecule has 26 heavy (non-hydrogen) atoms. The summed E-state index contributed by atoms with van der Waals surface area (Å²) in [5, 5.41) is 8.72. The molecule has 0 fully saturated rings. The number of ether oxygens (including phenoxy) is 2. The van der Waals surface area contributed by atoms with Crippen LogP contribution >= 0.6 is 0 Å². The van der Waals surface area contributed by atoms with Crippen molar-refractivity contribution < 1.29 is 9.47 Å². The average Bonchev–Trinajstić information content (AvgIpc) is 2.94. The summed E-state index contributed by atoms with van der Waals surface area (Å²) in [7, 11) is 6.02. The quantitative estimate of drug-likeness (QED) is 0.548. The molecule has 0 bridgehead atoms. The van der Waals surface area contributed by atoms with Crippen LogP contribution in [0.25, 0.3) is 21.8 Å². The zero-order valence-corrected chi connectivity index (χ0v) is 16.0. The van der Waals surface area contributed by atoms with E-state index in [9.17, 15) is 0 Å². The first-order valence-corrected chi connectivity index (χ1v) is 9.31. The Kier molecular flexibility index (Phi) is 6.36. The standard InChI is InChI=1S/C21H29N3O2/c1-22-10-4-12-25-16-7-9-20-19(14-16)18-8-6-17(15-21(18)24(20)3)26-13-5-11-23-2/h6-9,14-15,22-23H,4-5,10-13H2,1-3H3. The van der Waals surface area contributed by atoms with Gasteiger partial charge in [0.05, 0.1) is 18.7 Å². The molecule has 2 aromatic carbocycles. The van der Waals surface area contributed by atoms with Crippen LogP contribution in [-0.2, 0) is 7.05 Å². The molecule has 5 heteroatoms. The van der Waals surface area contributed by atoms with Crippen molar-refractivity contribution in [2.75, 3.05) is 40.4 Å². The fraction of sp³-hybridized carbons (Fsp3) is 0.429. The van der Waals surface area contributed by atoms with E-state index in [2.05, 4.69) is 58.6 Å². The molecule has 0 atom stereocenters. The fourth-order valence-corrected chi connectivity index (χ4v) is 3.23. The number of aromatic nitrogens is 1. The van der Waals surface area contributed by atoms with E-state index in [-0.39, 0.29) is 0 Å². The van der Waals surface area contributed by atoms with E-state index in [4.69, 9.17) is 9.47 Å². The van der Waals surface area contributed by atoms with Crippen LogP contribution < -0.4 is 20.1 Å². The highest BCUT2D eigenvalue weighted by molar-refractivity contribution is 6.08. The topological polar surface area (TPSA) is 47.4 Å². The lowest BCUT2D eigenvalue weighted by atomic mass is 10.1. The molecule has 140 valence electrons. The van der Waals surface area contributed by atoms with Gasteiger partial charge in [-0.2, -0.15) is 0 Å². The van der Waals surface area contributed by atoms with Crippen LogP contribution in [0.2, 0.25) is 0 Å². The van der Waals surface area contributed by atoms with Gasteiger partial charge in [-0.05, 0) is 70.4 Å². The maximum absolute atomic E-state index is 5.89. The Hall–Kier alpha value is -2.24. The molecule has 5 nitrogen and oxygen atoms in total. The minimum Gasteiger partial charge on any atom is -0.494 e. The molecule has 1 aromatic heterocycles. The van der Waals surface area contributed by atoms with Crippen molar-refractivity contribution in [1.82, 2.24) is 15.2 Å². The Morgan fingerprint density at radius 3 is 2.04 bits per heavy atom. The van der Waals surface area contributed by atoms with Crippen LogP contribution in [0.5, 0.6) is 11.5 Å². The van der Waals surface area contributed by atoms with Gasteiger partial charge in [-0.25, -0.2) is 0 Å². The van der Waals surface area contributed by atoms with Crippen LogP contribution in [-0.4, -0.2) is 45.0 Å². The average molecular weight is 355 g/mol. The highest BCUT2D eigenvalue weighted by atomic mass is 16.5. The minimum absolute atomic E-state index is 0.723. The van der Waals surface area contributed by atoms with Crippen molar-refractivity contribution in [3.05, 3.63) is 36.4 Å². The van der Waals surface area contributed by atoms with Gasteiger partial charge in [0, 0.05) is 29.4 Å². The summed E-state index contributed by atoms with van der Waals surface area (Å²) in [6.07, 6.45) is 2.00. The zero-order chi connectivity index (χ0) is 18.4. The molecule has 0 aliphatic carbocycles. The molecule has 1 heterocycles. The van der Waals surface area contributed by atoms with Gasteiger partial charge in [0.1, 0.15) is 11.5 Å². The highest BCUT2D eigenvalue weighted by Gasteiger charge is 2.10. The van der Waals surface area contributed by atoms with Gasteiger partial charge in [-0.3, -0.25) is 0 Å². The van der Waals surface area contributed by atoms with E-state index in [0.717, 1.165) is 50.6 Å². The first-order chi connectivity index (χ1) is 12.7. The molecule has 0 unspecified atom stereocenters. The molecule has 0 saturated carbocycles. The van der Waals surface area contributed by atoms with Gasteiger partial charge in [0.25, 0.3) is 0 Å². The zero-order valence-electron chi connectivity index (χ0n) is 16.0. The smallest absolute Gasteiger partial charge is 0.121 e. The van der Waals surface area contributed by atoms with Gasteiger partial charge in [0.15, 0.2) is 0 Å². The maximum atomic E-state index is 5.89. The van der Waals surface area contributed by atoms with Crippen LogP contribution in [0, 0.1) is 0 Å². The number of fused-ring (bicyclic) bond motifs is 3. The van der Waals surface area contributed by atoms with E-state index in [1.807, 2.05) is 14.1 Å². The first kappa shape index (κ1) is 18.5. The number of aryl methyl sites for hydroxylation is 1. The van der Waals surface area contributed by atoms with Gasteiger partial charge in [0.2, 0.25) is 0 Å². The molecule has 0 saturated heterocycles. The second-order valence-electron chi connectivity index (χ2n) is 6.53. The minimum atomic E-state index is 0.723. The van der Waals surface area contributed by atoms with Gasteiger partial charge in [-0.15, -0.1) is 0 Å². The Labute approximate surface area is 155 Å². The Morgan fingerprint density at radius 2 is 1.38 bits per heavy atom. The summed E-state index contributed by atoms with van der Waals surface area (Å²) in [4.78, 5) is 0. The molecule has 0 radical (unpaired) electrons. The van der Waals surface area contributed by atoms with Crippen molar-refractivity contribution >= 4 is 21.8 Å². The third-order valence-corrected chi connectivity index (χ3v) is 4.63. The van der Waals surface area contributed by atoms with Gasteiger partial charge < -0.3 is 24.7 Å². The summed E-state index contributed by atoms with van der Waals surface area (Å²) in [5.41, 5.74) is 2.38. The molecule has 2 N–H and O–H groups in total. The maximum Gasteiger partial charge on any atom is 0.121 e. The van der Waals surface area contributed by atoms with Gasteiger partial charge >= 0.3 is 0 Å². The first-order valence-electron chi connectivity index (χ1n) is 9.31. The number of nitrogens with one attached hydrogen (secondary N) is 2. The van der Waals surface area contributed by atoms with E-state index < -0.39 is 0 Å². The number of hydrogen-bond donors (Lipinski definition) is 2. The normalized spacial score (nSPS) is 11.3. The van der Waals surface area contributed by atoms with Crippen molar-refractivity contribution in [2.45, 2.75) is 12.8 Å². The number of hydrogen-bond acceptors (Lipinski definition) is 4. The lowest BCUT2D eigenvalue weighted by molar-refractivity contribution is 0.310. The largest absolute Gasteiger partial charge is 0.494 e. The molecule has 0 amide bonds. The summed E-state index contributed by atoms with van der Waals surface area (Å²) in [6.45, 7) is 3.38. The SMILES string of the molecule is CNCCCOc1ccc2c(c1)c1ccc(OCCCNC)cc1n2C. The Morgan fingerprint density at radius 1 is 0.769 bits per heavy atom. The molecular formula is C21H29N3O2. The Bertz CT molecular complexity index is 857. The highest BCUT2D eigenvalue weighted by Crippen LogP contribution is 2.33. The monoisotopic (exact) mass is 355 g/mol. The molecular weight excluding hydrogens is 326 g/mol. The third-order valence-electron chi connectivity index (χ3n) is 4.63. The van der Waals surface area contributed by atoms with E-state index in [1.165, 1.54) is 21.8 Å². The van der Waals surface area contributed by atoms with E-state index in [1.54, 1.807) is 0 Å². The van der Waals surface area contributed by atoms with Gasteiger partial charge in [-0.1, -0.05) is 0 Å². The van der Waals surface area contributed by atoms with E-state index >= 15 is 0 Å². The van der Waals surface area contributed by atoms with Crippen LogP contribution in [0.1, 0.15) is 12.8 Å². The van der Waals surface area contributed by atoms with Crippen molar-refractivity contribution in [3.63, 3.8) is 0 Å². The third kappa shape index (κ3) is 4.11. The predicted molar refractivity (Wildman–Crippen MR) is 109 cm³/mol. The van der Waals surface area contributed by atoms with Crippen LogP contribution in [0.3, 0.4) is 0 Å². The fourth-order valence-electron chi connectivity index (χ4n) is 3.23. The van der Waals surface area contributed by atoms with Crippen LogP contribution in [0.15, 0.2) is 36.4 Å². The summed E-state index contributed by atoms with van der Waals surface area (Å²) >= 11 is 0. The lowest BCUT2D eigenvalue weighted by Crippen LogP contribution is -2.11. The summed E-state index contributed by atoms with van der Waals surface area (Å²) in [5.74, 6) is 1.84. The second kappa shape index (κ2) is 8.92.